The number of aliphatic carboxylic acids is 1. The van der Waals surface area contributed by atoms with Crippen LogP contribution in [0.15, 0.2) is 0 Å². The molecule has 192 valence electrons. The lowest BCUT2D eigenvalue weighted by Gasteiger charge is -2.45. The summed E-state index contributed by atoms with van der Waals surface area (Å²) < 4.78 is 26.8. The van der Waals surface area contributed by atoms with E-state index in [-0.39, 0.29) is 32.3 Å². The van der Waals surface area contributed by atoms with Crippen LogP contribution in [0.5, 0.6) is 0 Å². The number of aliphatic hydroxyl groups is 4. The van der Waals surface area contributed by atoms with Gasteiger partial charge < -0.3 is 54.5 Å². The Balaban J connectivity index is 2.09. The minimum atomic E-state index is -1.43. The lowest BCUT2D eigenvalue weighted by Crippen LogP contribution is -2.63. The molecule has 2 aliphatic rings. The first kappa shape index (κ1) is 27.8. The number of rotatable bonds is 11. The van der Waals surface area contributed by atoms with Gasteiger partial charge >= 0.3 is 5.97 Å². The lowest BCUT2D eigenvalue weighted by molar-refractivity contribution is -0.231. The number of methoxy groups -OCH3 is 2. The number of carboxylic acids is 1. The highest BCUT2D eigenvalue weighted by atomic mass is 16.6. The molecule has 0 aromatic carbocycles. The summed E-state index contributed by atoms with van der Waals surface area (Å²) in [4.78, 5) is 23.3. The molecular weight excluding hydrogens is 446 g/mol. The fourth-order valence-electron chi connectivity index (χ4n) is 4.35. The molecule has 13 nitrogen and oxygen atoms in total. The third-order valence-corrected chi connectivity index (χ3v) is 5.99. The van der Waals surface area contributed by atoms with Crippen molar-refractivity contribution in [3.8, 4) is 0 Å². The average molecular weight is 481 g/mol. The molecule has 0 aromatic rings. The zero-order valence-corrected chi connectivity index (χ0v) is 18.9. The van der Waals surface area contributed by atoms with Gasteiger partial charge in [-0.15, -0.1) is 0 Å². The minimum absolute atomic E-state index is 0.0858. The topological polar surface area (TPSA) is 193 Å². The van der Waals surface area contributed by atoms with Crippen LogP contribution in [-0.4, -0.2) is 133 Å². The Labute approximate surface area is 191 Å². The molecule has 4 unspecified atom stereocenters. The fourth-order valence-corrected chi connectivity index (χ4v) is 4.35. The first-order valence-electron chi connectivity index (χ1n) is 10.7. The summed E-state index contributed by atoms with van der Waals surface area (Å²) in [5.41, 5.74) is 0. The van der Waals surface area contributed by atoms with Gasteiger partial charge in [-0.2, -0.15) is 0 Å². The van der Waals surface area contributed by atoms with E-state index in [2.05, 4.69) is 5.32 Å². The number of carbonyl (C=O) groups excluding carboxylic acids is 1. The number of amides is 1. The van der Waals surface area contributed by atoms with Crippen molar-refractivity contribution in [1.82, 2.24) is 5.32 Å². The number of carbonyl (C=O) groups is 2. The zero-order chi connectivity index (χ0) is 24.7. The molecule has 0 saturated carbocycles. The minimum Gasteiger partial charge on any atom is -0.479 e. The SMILES string of the molecule is COC[C@@H]1OC(CO)[C@@H](O)[C@@H](COC[C@@H]2OC(C(=O)O)[C@@H](COC)[C@@H](O)C2O)C1NC(C)=O. The van der Waals surface area contributed by atoms with E-state index in [9.17, 15) is 35.1 Å². The fraction of sp³-hybridized carbons (Fsp3) is 0.900. The molecule has 0 aromatic heterocycles. The maximum atomic E-state index is 11.7. The molecule has 1 amide bonds. The van der Waals surface area contributed by atoms with E-state index < -0.39 is 73.2 Å². The molecule has 0 bridgehead atoms. The number of aliphatic hydroxyl groups excluding tert-OH is 4. The van der Waals surface area contributed by atoms with Crippen LogP contribution in [0.2, 0.25) is 0 Å². The number of nitrogens with one attached hydrogen (secondary N) is 1. The van der Waals surface area contributed by atoms with Gasteiger partial charge in [-0.1, -0.05) is 0 Å². The van der Waals surface area contributed by atoms with Gasteiger partial charge in [0, 0.05) is 33.0 Å². The van der Waals surface area contributed by atoms with Crippen LogP contribution in [0.1, 0.15) is 6.92 Å². The van der Waals surface area contributed by atoms with Crippen LogP contribution >= 0.6 is 0 Å². The van der Waals surface area contributed by atoms with Crippen LogP contribution in [0.3, 0.4) is 0 Å². The molecule has 13 heteroatoms. The molecule has 2 heterocycles. The van der Waals surface area contributed by atoms with Crippen molar-refractivity contribution in [3.63, 3.8) is 0 Å². The number of carboxylic acid groups (broad SMARTS) is 1. The molecule has 33 heavy (non-hydrogen) atoms. The highest BCUT2D eigenvalue weighted by Gasteiger charge is 2.48. The molecule has 10 atom stereocenters. The molecule has 0 aliphatic carbocycles. The average Bonchev–Trinajstić information content (AvgIpc) is 2.76. The molecule has 0 spiro atoms. The first-order valence-corrected chi connectivity index (χ1v) is 10.7. The van der Waals surface area contributed by atoms with Crippen molar-refractivity contribution in [1.29, 1.82) is 0 Å². The van der Waals surface area contributed by atoms with Gasteiger partial charge in [-0.3, -0.25) is 4.79 Å². The van der Waals surface area contributed by atoms with Crippen LogP contribution < -0.4 is 5.32 Å². The maximum absolute atomic E-state index is 11.7. The second-order valence-corrected chi connectivity index (χ2v) is 8.30. The maximum Gasteiger partial charge on any atom is 0.333 e. The van der Waals surface area contributed by atoms with E-state index in [1.807, 2.05) is 0 Å². The predicted molar refractivity (Wildman–Crippen MR) is 109 cm³/mol. The lowest BCUT2D eigenvalue weighted by atomic mass is 9.84. The standard InChI is InChI=1S/C20H35NO12/c1-9(23)21-15-10(16(24)12(4-22)32-13(15)7-30-3)6-31-8-14-18(26)17(25)11(5-29-2)19(33-14)20(27)28/h10-19,22,24-26H,4-8H2,1-3H3,(H,21,23)(H,27,28)/t10-,11-,12?,13-,14-,15?,16-,17+,18?,19?/m0/s1. The van der Waals surface area contributed by atoms with Crippen molar-refractivity contribution in [2.45, 2.75) is 55.7 Å². The molecule has 0 radical (unpaired) electrons. The van der Waals surface area contributed by atoms with E-state index in [1.54, 1.807) is 0 Å². The highest BCUT2D eigenvalue weighted by Crippen LogP contribution is 2.29. The summed E-state index contributed by atoms with van der Waals surface area (Å²) in [5.74, 6) is -3.37. The second-order valence-electron chi connectivity index (χ2n) is 8.30. The van der Waals surface area contributed by atoms with Gasteiger partial charge in [0.05, 0.1) is 51.3 Å². The Morgan fingerprint density at radius 2 is 1.52 bits per heavy atom. The van der Waals surface area contributed by atoms with Crippen molar-refractivity contribution < 1.29 is 58.8 Å². The Bertz CT molecular complexity index is 636. The zero-order valence-electron chi connectivity index (χ0n) is 18.9. The van der Waals surface area contributed by atoms with E-state index in [1.165, 1.54) is 21.1 Å². The van der Waals surface area contributed by atoms with E-state index in [4.69, 9.17) is 23.7 Å². The molecule has 6 N–H and O–H groups in total. The Morgan fingerprint density at radius 1 is 0.848 bits per heavy atom. The van der Waals surface area contributed by atoms with Crippen molar-refractivity contribution >= 4 is 11.9 Å². The van der Waals surface area contributed by atoms with Crippen LogP contribution in [-0.2, 0) is 33.3 Å². The Hall–Kier alpha value is -1.42. The van der Waals surface area contributed by atoms with Crippen LogP contribution in [0.25, 0.3) is 0 Å². The summed E-state index contributed by atoms with van der Waals surface area (Å²) in [6.07, 6.45) is -8.22. The quantitative estimate of drug-likeness (QED) is 0.173. The van der Waals surface area contributed by atoms with E-state index in [0.717, 1.165) is 0 Å². The van der Waals surface area contributed by atoms with Crippen LogP contribution in [0, 0.1) is 11.8 Å². The molecule has 2 fully saturated rings. The normalized spacial score (nSPS) is 39.2. The Morgan fingerprint density at radius 3 is 2.06 bits per heavy atom. The number of hydrogen-bond acceptors (Lipinski definition) is 11. The van der Waals surface area contributed by atoms with E-state index in [0.29, 0.717) is 0 Å². The van der Waals surface area contributed by atoms with Gasteiger partial charge in [0.15, 0.2) is 6.10 Å². The monoisotopic (exact) mass is 481 g/mol. The smallest absolute Gasteiger partial charge is 0.333 e. The molecule has 2 aliphatic heterocycles. The van der Waals surface area contributed by atoms with Crippen LogP contribution in [0.4, 0.5) is 0 Å². The Kier molecular flexibility index (Phi) is 10.9. The van der Waals surface area contributed by atoms with Gasteiger partial charge in [-0.05, 0) is 0 Å². The predicted octanol–water partition coefficient (Wildman–Crippen LogP) is -3.27. The van der Waals surface area contributed by atoms with Gasteiger partial charge in [0.2, 0.25) is 5.91 Å². The summed E-state index contributed by atoms with van der Waals surface area (Å²) in [7, 11) is 2.79. The third-order valence-electron chi connectivity index (χ3n) is 5.99. The second kappa shape index (κ2) is 12.9. The van der Waals surface area contributed by atoms with Crippen molar-refractivity contribution in [2.24, 2.45) is 11.8 Å². The van der Waals surface area contributed by atoms with Gasteiger partial charge in [-0.25, -0.2) is 4.79 Å². The highest BCUT2D eigenvalue weighted by molar-refractivity contribution is 5.73. The molecule has 2 saturated heterocycles. The van der Waals surface area contributed by atoms with Gasteiger partial charge in [0.25, 0.3) is 0 Å². The first-order chi connectivity index (χ1) is 15.7. The van der Waals surface area contributed by atoms with Crippen molar-refractivity contribution in [3.05, 3.63) is 0 Å². The largest absolute Gasteiger partial charge is 0.479 e. The third kappa shape index (κ3) is 6.81. The molecule has 2 rings (SSSR count). The summed E-state index contributed by atoms with van der Waals surface area (Å²) in [6.45, 7) is 0.359. The summed E-state index contributed by atoms with van der Waals surface area (Å²) in [6, 6.07) is -0.708. The summed E-state index contributed by atoms with van der Waals surface area (Å²) in [5, 5.41) is 53.2. The molecular formula is C20H35NO12. The summed E-state index contributed by atoms with van der Waals surface area (Å²) >= 11 is 0. The van der Waals surface area contributed by atoms with Crippen molar-refractivity contribution in [2.75, 3.05) is 47.3 Å². The van der Waals surface area contributed by atoms with E-state index >= 15 is 0 Å². The number of ether oxygens (including phenoxy) is 5. The van der Waals surface area contributed by atoms with Gasteiger partial charge in [0.1, 0.15) is 24.4 Å². The number of hydrogen-bond donors (Lipinski definition) is 6.